The first-order valence-electron chi connectivity index (χ1n) is 34.7. The Morgan fingerprint density at radius 2 is 0.723 bits per heavy atom. The summed E-state index contributed by atoms with van der Waals surface area (Å²) in [5.74, 6) is -0.405. The Morgan fingerprint density at radius 3 is 1.15 bits per heavy atom. The summed E-state index contributed by atoms with van der Waals surface area (Å²) in [5, 5.41) is 15.4. The van der Waals surface area contributed by atoms with Crippen LogP contribution in [0.25, 0.3) is 149 Å². The van der Waals surface area contributed by atoms with Gasteiger partial charge in [-0.3, -0.25) is 0 Å². The van der Waals surface area contributed by atoms with Crippen molar-refractivity contribution in [2.75, 3.05) is 0 Å². The Labute approximate surface area is 568 Å². The number of nitrogens with zero attached hydrogens (tertiary/aromatic N) is 3. The maximum absolute atomic E-state index is 9.03. The molecule has 1 aliphatic rings. The van der Waals surface area contributed by atoms with Crippen molar-refractivity contribution >= 4 is 127 Å². The molecule has 94 heavy (non-hydrogen) atoms. The van der Waals surface area contributed by atoms with Gasteiger partial charge in [0.05, 0.1) is 14.1 Å². The maximum Gasteiger partial charge on any atom is 0.213 e. The summed E-state index contributed by atoms with van der Waals surface area (Å²) in [7, 11) is 6.35. The first-order chi connectivity index (χ1) is 47.5. The van der Waals surface area contributed by atoms with Crippen molar-refractivity contribution < 1.29 is 19.2 Å². The normalized spacial score (nSPS) is 13.9. The molecule has 0 unspecified atom stereocenters. The highest BCUT2D eigenvalue weighted by atomic mass is 32.1. The average Bonchev–Trinajstić information content (AvgIpc) is 1.62. The minimum Gasteiger partial charge on any atom is -0.200 e. The lowest BCUT2D eigenvalue weighted by Crippen LogP contribution is -2.30. The Morgan fingerprint density at radius 1 is 0.330 bits per heavy atom. The molecule has 1 aliphatic carbocycles. The molecule has 0 radical (unpaired) electrons. The van der Waals surface area contributed by atoms with Gasteiger partial charge in [-0.25, -0.2) is 0 Å². The lowest BCUT2D eigenvalue weighted by molar-refractivity contribution is -0.659. The number of benzene rings is 11. The van der Waals surface area contributed by atoms with Gasteiger partial charge in [0.25, 0.3) is 0 Å². The molecular formula is C88H74N3S3+3. The van der Waals surface area contributed by atoms with Crippen molar-refractivity contribution in [1.29, 1.82) is 0 Å². The van der Waals surface area contributed by atoms with Gasteiger partial charge in [0.2, 0.25) is 17.1 Å². The highest BCUT2D eigenvalue weighted by Crippen LogP contribution is 2.43. The van der Waals surface area contributed by atoms with E-state index in [4.69, 9.17) is 5.48 Å². The second-order valence-corrected chi connectivity index (χ2v) is 29.0. The predicted molar refractivity (Wildman–Crippen MR) is 406 cm³/mol. The van der Waals surface area contributed by atoms with E-state index in [1.807, 2.05) is 53.1 Å². The van der Waals surface area contributed by atoms with Crippen LogP contribution in [0.1, 0.15) is 71.3 Å². The lowest BCUT2D eigenvalue weighted by atomic mass is 9.83. The summed E-state index contributed by atoms with van der Waals surface area (Å²) in [6.07, 6.45) is 12.4. The van der Waals surface area contributed by atoms with Crippen LogP contribution in [0.4, 0.5) is 0 Å². The minimum absolute atomic E-state index is 0.379. The molecule has 17 aromatic rings. The monoisotopic (exact) mass is 1270 g/mol. The van der Waals surface area contributed by atoms with Crippen molar-refractivity contribution in [2.24, 2.45) is 21.1 Å². The SMILES string of the molecule is Cc1ccccc1-c1cc2c(c[n+]1C)sc1cc3cc(-c4ccccc4)ccc3cc12.[2H]C([2H])([2H])c1ccc(-c2cc3c(c[n+]2C)sc2cc4cc(-c5ccccc5)ccc4cc23)c(C)c1.[2H]C1(c2ccc3cc4c(cc3c2)sc2c[n+](C)c(-c3ccccc3C)cc24)CCCCC1. The zero-order chi connectivity index (χ0) is 67.1. The van der Waals surface area contributed by atoms with E-state index in [1.54, 1.807) is 12.1 Å². The smallest absolute Gasteiger partial charge is 0.200 e. The molecule has 3 nitrogen and oxygen atoms in total. The summed E-state index contributed by atoms with van der Waals surface area (Å²) in [6.45, 7) is 4.25. The topological polar surface area (TPSA) is 11.6 Å². The fourth-order valence-electron chi connectivity index (χ4n) is 14.4. The van der Waals surface area contributed by atoms with E-state index in [2.05, 4.69) is 280 Å². The van der Waals surface area contributed by atoms with E-state index < -0.39 is 12.7 Å². The molecule has 0 bridgehead atoms. The standard InChI is InChI=1S/C30H24NS.C29H28NS.C29H22NS/c1-19-9-12-25(20(2)13-19)28-17-27-26-15-23-11-10-22(21-7-5-4-6-8-21)14-24(23)16-29(26)32-30(27)18-31(28)3;2*1-19-8-6-7-11-24(19)27-17-26-25-15-22-13-12-21(20-9-4-3-5-10-20)14-23(22)16-28(25)31-29(26)18-30(27)2/h4-18H,1-3H3;6-8,11-18,20H,3-5,9-10H2,1-2H3;3-18H,1-2H3/q3*+1/i1D3;20D;. The van der Waals surface area contributed by atoms with Gasteiger partial charge in [0, 0.05) is 86.8 Å². The van der Waals surface area contributed by atoms with Crippen molar-refractivity contribution in [3.05, 3.63) is 283 Å². The number of hydrogen-bond acceptors (Lipinski definition) is 3. The van der Waals surface area contributed by atoms with Gasteiger partial charge in [-0.15, -0.1) is 34.0 Å². The van der Waals surface area contributed by atoms with E-state index in [1.165, 1.54) is 174 Å². The zero-order valence-electron chi connectivity index (χ0n) is 57.9. The van der Waals surface area contributed by atoms with E-state index in [0.717, 1.165) is 29.7 Å². The lowest BCUT2D eigenvalue weighted by Gasteiger charge is -2.22. The van der Waals surface area contributed by atoms with E-state index in [9.17, 15) is 0 Å². The number of aryl methyl sites for hydroxylation is 7. The largest absolute Gasteiger partial charge is 0.213 e. The second-order valence-electron chi connectivity index (χ2n) is 25.7. The Balaban J connectivity index is 0.000000115. The number of fused-ring (bicyclic) bond motifs is 12. The Kier molecular flexibility index (Phi) is 14.4. The molecule has 0 atom stereocenters. The van der Waals surface area contributed by atoms with Crippen LogP contribution >= 0.6 is 34.0 Å². The molecule has 0 saturated heterocycles. The van der Waals surface area contributed by atoms with Gasteiger partial charge in [0.15, 0.2) is 18.6 Å². The molecule has 6 heteroatoms. The van der Waals surface area contributed by atoms with Crippen LogP contribution in [0, 0.1) is 27.6 Å². The first-order valence-corrected chi connectivity index (χ1v) is 35.2. The fraction of sp³-hybridized carbons (Fsp3) is 0.148. The van der Waals surface area contributed by atoms with Gasteiger partial charge >= 0.3 is 0 Å². The Bertz CT molecular complexity index is 6000. The molecule has 11 aromatic carbocycles. The number of pyridine rings is 3. The van der Waals surface area contributed by atoms with Crippen LogP contribution in [0.3, 0.4) is 0 Å². The van der Waals surface area contributed by atoms with Crippen LogP contribution in [0.2, 0.25) is 0 Å². The number of thiophene rings is 3. The van der Waals surface area contributed by atoms with Gasteiger partial charge in [-0.05, 0) is 190 Å². The summed E-state index contributed by atoms with van der Waals surface area (Å²) in [4.78, 5) is 0. The van der Waals surface area contributed by atoms with Crippen LogP contribution in [0.15, 0.2) is 255 Å². The molecule has 1 saturated carbocycles. The quantitative estimate of drug-likeness (QED) is 0.147. The van der Waals surface area contributed by atoms with Crippen LogP contribution < -0.4 is 13.7 Å². The van der Waals surface area contributed by atoms with Crippen LogP contribution in [-0.2, 0) is 21.1 Å². The number of aromatic nitrogens is 3. The van der Waals surface area contributed by atoms with E-state index >= 15 is 0 Å². The van der Waals surface area contributed by atoms with E-state index in [-0.39, 0.29) is 0 Å². The zero-order valence-corrected chi connectivity index (χ0v) is 56.3. The molecule has 0 spiro atoms. The summed E-state index contributed by atoms with van der Waals surface area (Å²) < 4.78 is 46.7. The summed E-state index contributed by atoms with van der Waals surface area (Å²) in [5.41, 5.74) is 17.3. The minimum atomic E-state index is -2.10. The third-order valence-electron chi connectivity index (χ3n) is 19.5. The second kappa shape index (κ2) is 24.7. The molecule has 0 aliphatic heterocycles. The van der Waals surface area contributed by atoms with Gasteiger partial charge in [0.1, 0.15) is 21.1 Å². The molecule has 6 aromatic heterocycles. The molecule has 456 valence electrons. The van der Waals surface area contributed by atoms with Gasteiger partial charge < -0.3 is 0 Å². The predicted octanol–water partition coefficient (Wildman–Crippen LogP) is 23.7. The average molecular weight is 1270 g/mol. The van der Waals surface area contributed by atoms with Crippen LogP contribution in [0.5, 0.6) is 0 Å². The third kappa shape index (κ3) is 11.2. The molecule has 18 rings (SSSR count). The fourth-order valence-corrected chi connectivity index (χ4v) is 18.0. The molecular weight excluding hydrogens is 1200 g/mol. The maximum atomic E-state index is 9.03. The first kappa shape index (κ1) is 54.8. The van der Waals surface area contributed by atoms with Gasteiger partial charge in [-0.1, -0.05) is 176 Å². The molecule has 6 heterocycles. The van der Waals surface area contributed by atoms with Crippen molar-refractivity contribution in [1.82, 2.24) is 0 Å². The number of rotatable bonds is 6. The van der Waals surface area contributed by atoms with Crippen molar-refractivity contribution in [3.63, 3.8) is 0 Å². The molecule has 1 fully saturated rings. The number of hydrogen-bond donors (Lipinski definition) is 0. The molecule has 0 amide bonds. The third-order valence-corrected chi connectivity index (χ3v) is 22.8. The highest BCUT2D eigenvalue weighted by molar-refractivity contribution is 7.26. The van der Waals surface area contributed by atoms with Crippen LogP contribution in [-0.4, -0.2) is 0 Å². The van der Waals surface area contributed by atoms with Crippen molar-refractivity contribution in [3.8, 4) is 56.0 Å². The van der Waals surface area contributed by atoms with Gasteiger partial charge in [-0.2, -0.15) is 13.7 Å². The molecule has 0 N–H and O–H groups in total. The summed E-state index contributed by atoms with van der Waals surface area (Å²) >= 11 is 5.56. The van der Waals surface area contributed by atoms with E-state index in [0.29, 0.717) is 5.56 Å². The van der Waals surface area contributed by atoms with Crippen molar-refractivity contribution in [2.45, 2.75) is 65.6 Å². The Hall–Kier alpha value is -9.69. The summed E-state index contributed by atoms with van der Waals surface area (Å²) in [6, 6.07) is 85.0. The highest BCUT2D eigenvalue weighted by Gasteiger charge is 2.23.